The van der Waals surface area contributed by atoms with Crippen LogP contribution >= 0.6 is 0 Å². The van der Waals surface area contributed by atoms with Gasteiger partial charge >= 0.3 is 0 Å². The molecule has 25 heavy (non-hydrogen) atoms. The second kappa shape index (κ2) is 9.20. The van der Waals surface area contributed by atoms with E-state index < -0.39 is 12.1 Å². The number of nitrogens with one attached hydrogen (secondary N) is 3. The summed E-state index contributed by atoms with van der Waals surface area (Å²) in [5, 5.41) is 8.33. The summed E-state index contributed by atoms with van der Waals surface area (Å²) in [6.07, 6.45) is 1.90. The van der Waals surface area contributed by atoms with E-state index >= 15 is 0 Å². The van der Waals surface area contributed by atoms with E-state index in [1.165, 1.54) is 0 Å². The van der Waals surface area contributed by atoms with E-state index in [1.807, 2.05) is 44.2 Å². The topological polar surface area (TPSA) is 87.3 Å². The van der Waals surface area contributed by atoms with Gasteiger partial charge in [0.15, 0.2) is 0 Å². The molecule has 6 heteroatoms. The van der Waals surface area contributed by atoms with E-state index in [9.17, 15) is 14.4 Å². The average molecular weight is 345 g/mol. The normalized spacial score (nSPS) is 20.1. The van der Waals surface area contributed by atoms with Gasteiger partial charge in [-0.15, -0.1) is 0 Å². The maximum absolute atomic E-state index is 12.1. The molecule has 1 aromatic carbocycles. The molecular formula is C19H27N3O3. The van der Waals surface area contributed by atoms with Gasteiger partial charge in [-0.1, -0.05) is 44.2 Å². The Hall–Kier alpha value is -2.37. The Morgan fingerprint density at radius 3 is 2.40 bits per heavy atom. The molecule has 1 aliphatic rings. The third kappa shape index (κ3) is 6.21. The van der Waals surface area contributed by atoms with Crippen LogP contribution < -0.4 is 16.0 Å². The first-order valence-electron chi connectivity index (χ1n) is 8.87. The maximum Gasteiger partial charge on any atom is 0.243 e. The summed E-state index contributed by atoms with van der Waals surface area (Å²) in [6.45, 7) is 4.57. The largest absolute Gasteiger partial charge is 0.356 e. The molecule has 1 aliphatic heterocycles. The van der Waals surface area contributed by atoms with E-state index in [1.54, 1.807) is 0 Å². The number of amides is 3. The SMILES string of the molecule is CC(C)C[C@H]1NC(=O)[C@H](CCC(=O)NCCc2ccccc2)NC1=O. The maximum atomic E-state index is 12.1. The molecule has 136 valence electrons. The van der Waals surface area contributed by atoms with Crippen LogP contribution in [0.25, 0.3) is 0 Å². The summed E-state index contributed by atoms with van der Waals surface area (Å²) >= 11 is 0. The Balaban J connectivity index is 1.69. The molecule has 2 rings (SSSR count). The number of carbonyl (C=O) groups excluding carboxylic acids is 3. The third-order valence-electron chi connectivity index (χ3n) is 4.21. The van der Waals surface area contributed by atoms with Crippen molar-refractivity contribution in [3.63, 3.8) is 0 Å². The predicted octanol–water partition coefficient (Wildman–Crippen LogP) is 1.15. The van der Waals surface area contributed by atoms with Gasteiger partial charge in [-0.05, 0) is 30.7 Å². The van der Waals surface area contributed by atoms with Crippen molar-refractivity contribution in [1.82, 2.24) is 16.0 Å². The Bertz CT molecular complexity index is 601. The van der Waals surface area contributed by atoms with Crippen LogP contribution in [0.5, 0.6) is 0 Å². The van der Waals surface area contributed by atoms with Crippen molar-refractivity contribution in [3.05, 3.63) is 35.9 Å². The number of rotatable bonds is 8. The molecule has 0 unspecified atom stereocenters. The van der Waals surface area contributed by atoms with E-state index in [2.05, 4.69) is 16.0 Å². The molecule has 0 aromatic heterocycles. The first-order valence-corrected chi connectivity index (χ1v) is 8.87. The van der Waals surface area contributed by atoms with Gasteiger partial charge in [0.05, 0.1) is 0 Å². The van der Waals surface area contributed by atoms with E-state index in [0.29, 0.717) is 25.3 Å². The van der Waals surface area contributed by atoms with Crippen molar-refractivity contribution < 1.29 is 14.4 Å². The Kier molecular flexibility index (Phi) is 6.98. The van der Waals surface area contributed by atoms with Gasteiger partial charge in [0.2, 0.25) is 17.7 Å². The first-order chi connectivity index (χ1) is 12.0. The predicted molar refractivity (Wildman–Crippen MR) is 95.7 cm³/mol. The number of hydrogen-bond acceptors (Lipinski definition) is 3. The minimum atomic E-state index is -0.629. The molecule has 0 aliphatic carbocycles. The van der Waals surface area contributed by atoms with Gasteiger partial charge in [0.25, 0.3) is 0 Å². The van der Waals surface area contributed by atoms with Crippen molar-refractivity contribution in [2.75, 3.05) is 6.54 Å². The van der Waals surface area contributed by atoms with E-state index in [4.69, 9.17) is 0 Å². The number of piperazine rings is 1. The molecule has 1 fully saturated rings. The molecule has 0 bridgehead atoms. The van der Waals surface area contributed by atoms with Gasteiger partial charge in [0.1, 0.15) is 12.1 Å². The number of hydrogen-bond donors (Lipinski definition) is 3. The second-order valence-electron chi connectivity index (χ2n) is 6.88. The summed E-state index contributed by atoms with van der Waals surface area (Å²) in [6, 6.07) is 8.82. The van der Waals surface area contributed by atoms with Crippen LogP contribution in [0.4, 0.5) is 0 Å². The highest BCUT2D eigenvalue weighted by Crippen LogP contribution is 2.11. The van der Waals surface area contributed by atoms with Crippen molar-refractivity contribution in [2.45, 2.75) is 51.6 Å². The summed E-state index contributed by atoms with van der Waals surface area (Å²) in [7, 11) is 0. The fourth-order valence-electron chi connectivity index (χ4n) is 2.87. The molecule has 1 saturated heterocycles. The third-order valence-corrected chi connectivity index (χ3v) is 4.21. The quantitative estimate of drug-likeness (QED) is 0.661. The fourth-order valence-corrected chi connectivity index (χ4v) is 2.87. The molecule has 0 saturated carbocycles. The van der Waals surface area contributed by atoms with Crippen LogP contribution in [-0.4, -0.2) is 36.3 Å². The van der Waals surface area contributed by atoms with Crippen LogP contribution in [0.1, 0.15) is 38.7 Å². The lowest BCUT2D eigenvalue weighted by Crippen LogP contribution is -2.62. The molecular weight excluding hydrogens is 318 g/mol. The molecule has 1 heterocycles. The number of carbonyl (C=O) groups is 3. The van der Waals surface area contributed by atoms with Crippen LogP contribution in [-0.2, 0) is 20.8 Å². The minimum absolute atomic E-state index is 0.109. The second-order valence-corrected chi connectivity index (χ2v) is 6.88. The summed E-state index contributed by atoms with van der Waals surface area (Å²) in [4.78, 5) is 36.0. The highest BCUT2D eigenvalue weighted by atomic mass is 16.2. The highest BCUT2D eigenvalue weighted by molar-refractivity contribution is 5.97. The zero-order valence-corrected chi connectivity index (χ0v) is 14.9. The highest BCUT2D eigenvalue weighted by Gasteiger charge is 2.33. The van der Waals surface area contributed by atoms with Crippen molar-refractivity contribution >= 4 is 17.7 Å². The Morgan fingerprint density at radius 2 is 1.72 bits per heavy atom. The van der Waals surface area contributed by atoms with Gasteiger partial charge in [-0.25, -0.2) is 0 Å². The molecule has 2 atom stereocenters. The average Bonchev–Trinajstić information content (AvgIpc) is 2.57. The van der Waals surface area contributed by atoms with Crippen molar-refractivity contribution in [2.24, 2.45) is 5.92 Å². The molecule has 3 amide bonds. The zero-order chi connectivity index (χ0) is 18.2. The van der Waals surface area contributed by atoms with Crippen molar-refractivity contribution in [1.29, 1.82) is 0 Å². The smallest absolute Gasteiger partial charge is 0.243 e. The minimum Gasteiger partial charge on any atom is -0.356 e. The molecule has 0 spiro atoms. The molecule has 1 aromatic rings. The van der Waals surface area contributed by atoms with Crippen LogP contribution in [0.2, 0.25) is 0 Å². The standard InChI is InChI=1S/C19H27N3O3/c1-13(2)12-16-19(25)21-15(18(24)22-16)8-9-17(23)20-11-10-14-6-4-3-5-7-14/h3-7,13,15-16H,8-12H2,1-2H3,(H,20,23)(H,21,25)(H,22,24)/t15-,16+/m0/s1. The summed E-state index contributed by atoms with van der Waals surface area (Å²) in [5.41, 5.74) is 1.16. The van der Waals surface area contributed by atoms with Gasteiger partial charge in [-0.3, -0.25) is 14.4 Å². The summed E-state index contributed by atoms with van der Waals surface area (Å²) in [5.74, 6) is -0.157. The van der Waals surface area contributed by atoms with Crippen LogP contribution in [0, 0.1) is 5.92 Å². The van der Waals surface area contributed by atoms with Gasteiger partial charge in [-0.2, -0.15) is 0 Å². The lowest BCUT2D eigenvalue weighted by Gasteiger charge is -2.30. The monoisotopic (exact) mass is 345 g/mol. The van der Waals surface area contributed by atoms with Gasteiger partial charge < -0.3 is 16.0 Å². The number of benzene rings is 1. The first kappa shape index (κ1) is 19.0. The van der Waals surface area contributed by atoms with Crippen molar-refractivity contribution in [3.8, 4) is 0 Å². The molecule has 0 radical (unpaired) electrons. The van der Waals surface area contributed by atoms with Gasteiger partial charge in [0, 0.05) is 13.0 Å². The summed E-state index contributed by atoms with van der Waals surface area (Å²) < 4.78 is 0. The van der Waals surface area contributed by atoms with E-state index in [0.717, 1.165) is 12.0 Å². The Morgan fingerprint density at radius 1 is 1.08 bits per heavy atom. The zero-order valence-electron chi connectivity index (χ0n) is 14.9. The molecule has 6 nitrogen and oxygen atoms in total. The fraction of sp³-hybridized carbons (Fsp3) is 0.526. The van der Waals surface area contributed by atoms with E-state index in [-0.39, 0.29) is 24.1 Å². The lowest BCUT2D eigenvalue weighted by atomic mass is 9.98. The van der Waals surface area contributed by atoms with Crippen LogP contribution in [0.15, 0.2) is 30.3 Å². The van der Waals surface area contributed by atoms with Crippen LogP contribution in [0.3, 0.4) is 0 Å². The molecule has 3 N–H and O–H groups in total. The lowest BCUT2D eigenvalue weighted by molar-refractivity contribution is -0.137. The Labute approximate surface area is 148 Å².